The van der Waals surface area contributed by atoms with Gasteiger partial charge >= 0.3 is 0 Å². The van der Waals surface area contributed by atoms with Gasteiger partial charge in [0.2, 0.25) is 5.91 Å². The Balaban J connectivity index is 2.87. The SMILES string of the molecule is CNC(=O)CCS(=O)(=O)c1ccccc1F. The summed E-state index contributed by atoms with van der Waals surface area (Å²) in [6, 6.07) is 5.12. The largest absolute Gasteiger partial charge is 0.359 e. The van der Waals surface area contributed by atoms with Gasteiger partial charge in [-0.3, -0.25) is 4.79 Å². The molecule has 0 atom stereocenters. The quantitative estimate of drug-likeness (QED) is 0.850. The van der Waals surface area contributed by atoms with Gasteiger partial charge in [0.1, 0.15) is 10.7 Å². The van der Waals surface area contributed by atoms with Gasteiger partial charge in [0.15, 0.2) is 9.84 Å². The predicted octanol–water partition coefficient (Wildman–Crippen LogP) is 0.735. The van der Waals surface area contributed by atoms with E-state index in [-0.39, 0.29) is 17.2 Å². The van der Waals surface area contributed by atoms with Crippen molar-refractivity contribution >= 4 is 15.7 Å². The minimum atomic E-state index is -3.73. The van der Waals surface area contributed by atoms with Gasteiger partial charge in [-0.15, -0.1) is 0 Å². The van der Waals surface area contributed by atoms with Crippen LogP contribution < -0.4 is 5.32 Å². The molecule has 0 aliphatic rings. The van der Waals surface area contributed by atoms with Gasteiger partial charge in [0.05, 0.1) is 5.75 Å². The van der Waals surface area contributed by atoms with E-state index in [1.807, 2.05) is 0 Å². The summed E-state index contributed by atoms with van der Waals surface area (Å²) < 4.78 is 36.5. The highest BCUT2D eigenvalue weighted by Gasteiger charge is 2.19. The van der Waals surface area contributed by atoms with E-state index >= 15 is 0 Å². The lowest BCUT2D eigenvalue weighted by molar-refractivity contribution is -0.120. The first-order valence-electron chi connectivity index (χ1n) is 4.65. The Labute approximate surface area is 93.4 Å². The van der Waals surface area contributed by atoms with E-state index < -0.39 is 21.4 Å². The molecule has 4 nitrogen and oxygen atoms in total. The van der Waals surface area contributed by atoms with Crippen LogP contribution in [-0.4, -0.2) is 27.1 Å². The predicted molar refractivity (Wildman–Crippen MR) is 57.1 cm³/mol. The molecular weight excluding hydrogens is 233 g/mol. The van der Waals surface area contributed by atoms with E-state index in [1.54, 1.807) is 0 Å². The molecule has 16 heavy (non-hydrogen) atoms. The maximum absolute atomic E-state index is 13.2. The van der Waals surface area contributed by atoms with Crippen molar-refractivity contribution in [2.45, 2.75) is 11.3 Å². The van der Waals surface area contributed by atoms with Gasteiger partial charge in [-0.05, 0) is 12.1 Å². The summed E-state index contributed by atoms with van der Waals surface area (Å²) in [6.07, 6.45) is -0.173. The molecule has 0 fully saturated rings. The summed E-state index contributed by atoms with van der Waals surface area (Å²) in [5, 5.41) is 2.31. The second-order valence-electron chi connectivity index (χ2n) is 3.17. The van der Waals surface area contributed by atoms with Crippen LogP contribution in [0, 0.1) is 5.82 Å². The highest BCUT2D eigenvalue weighted by Crippen LogP contribution is 2.15. The average Bonchev–Trinajstić information content (AvgIpc) is 2.26. The summed E-state index contributed by atoms with van der Waals surface area (Å²) in [4.78, 5) is 10.5. The van der Waals surface area contributed by atoms with Crippen LogP contribution in [0.25, 0.3) is 0 Å². The fourth-order valence-corrected chi connectivity index (χ4v) is 2.48. The molecule has 1 amide bonds. The second-order valence-corrected chi connectivity index (χ2v) is 5.25. The van der Waals surface area contributed by atoms with Crippen molar-refractivity contribution in [1.29, 1.82) is 0 Å². The number of amides is 1. The number of hydrogen-bond donors (Lipinski definition) is 1. The number of carbonyl (C=O) groups excluding carboxylic acids is 1. The maximum Gasteiger partial charge on any atom is 0.220 e. The Morgan fingerprint density at radius 1 is 1.38 bits per heavy atom. The lowest BCUT2D eigenvalue weighted by Crippen LogP contribution is -2.21. The Hall–Kier alpha value is -1.43. The number of nitrogens with one attached hydrogen (secondary N) is 1. The van der Waals surface area contributed by atoms with E-state index in [0.717, 1.165) is 6.07 Å². The summed E-state index contributed by atoms with van der Waals surface area (Å²) in [6.45, 7) is 0. The van der Waals surface area contributed by atoms with Crippen LogP contribution in [0.3, 0.4) is 0 Å². The molecule has 0 unspecified atom stereocenters. The van der Waals surface area contributed by atoms with Gasteiger partial charge in [-0.25, -0.2) is 12.8 Å². The van der Waals surface area contributed by atoms with Gasteiger partial charge in [0.25, 0.3) is 0 Å². The molecule has 6 heteroatoms. The van der Waals surface area contributed by atoms with Crippen LogP contribution >= 0.6 is 0 Å². The first-order valence-corrected chi connectivity index (χ1v) is 6.30. The second kappa shape index (κ2) is 5.07. The third-order valence-corrected chi connectivity index (χ3v) is 3.79. The zero-order chi connectivity index (χ0) is 12.2. The number of benzene rings is 1. The molecule has 0 saturated heterocycles. The molecule has 0 radical (unpaired) electrons. The third-order valence-electron chi connectivity index (χ3n) is 2.05. The van der Waals surface area contributed by atoms with Crippen molar-refractivity contribution in [1.82, 2.24) is 5.32 Å². The smallest absolute Gasteiger partial charge is 0.220 e. The molecule has 0 aliphatic heterocycles. The van der Waals surface area contributed by atoms with Crippen LogP contribution in [0.4, 0.5) is 4.39 Å². The summed E-state index contributed by atoms with van der Waals surface area (Å²) >= 11 is 0. The fraction of sp³-hybridized carbons (Fsp3) is 0.300. The lowest BCUT2D eigenvalue weighted by Gasteiger charge is -2.04. The maximum atomic E-state index is 13.2. The van der Waals surface area contributed by atoms with Crippen molar-refractivity contribution in [3.8, 4) is 0 Å². The minimum absolute atomic E-state index is 0.173. The number of halogens is 1. The van der Waals surface area contributed by atoms with E-state index in [4.69, 9.17) is 0 Å². The van der Waals surface area contributed by atoms with Gasteiger partial charge in [-0.2, -0.15) is 0 Å². The molecule has 1 aromatic rings. The van der Waals surface area contributed by atoms with Crippen molar-refractivity contribution in [2.75, 3.05) is 12.8 Å². The molecule has 88 valence electrons. The number of hydrogen-bond acceptors (Lipinski definition) is 3. The monoisotopic (exact) mass is 245 g/mol. The molecule has 1 rings (SSSR count). The lowest BCUT2D eigenvalue weighted by atomic mass is 10.3. The highest BCUT2D eigenvalue weighted by molar-refractivity contribution is 7.91. The highest BCUT2D eigenvalue weighted by atomic mass is 32.2. The van der Waals surface area contributed by atoms with Gasteiger partial charge in [0, 0.05) is 13.5 Å². The summed E-state index contributed by atoms with van der Waals surface area (Å²) in [7, 11) is -2.32. The van der Waals surface area contributed by atoms with Crippen molar-refractivity contribution in [3.05, 3.63) is 30.1 Å². The molecule has 0 aliphatic carbocycles. The Morgan fingerprint density at radius 2 is 2.00 bits per heavy atom. The molecule has 1 N–H and O–H groups in total. The Morgan fingerprint density at radius 3 is 2.56 bits per heavy atom. The Kier molecular flexibility index (Phi) is 4.00. The topological polar surface area (TPSA) is 63.2 Å². The molecule has 0 heterocycles. The molecule has 0 saturated carbocycles. The third kappa shape index (κ3) is 3.03. The van der Waals surface area contributed by atoms with E-state index in [2.05, 4.69) is 5.32 Å². The summed E-state index contributed by atoms with van der Waals surface area (Å²) in [5.74, 6) is -1.58. The zero-order valence-electron chi connectivity index (χ0n) is 8.73. The Bertz CT molecular complexity index is 485. The van der Waals surface area contributed by atoms with Crippen molar-refractivity contribution in [3.63, 3.8) is 0 Å². The van der Waals surface area contributed by atoms with E-state index in [9.17, 15) is 17.6 Å². The van der Waals surface area contributed by atoms with Crippen LogP contribution in [0.15, 0.2) is 29.2 Å². The number of rotatable bonds is 4. The van der Waals surface area contributed by atoms with Crippen LogP contribution in [0.2, 0.25) is 0 Å². The first kappa shape index (κ1) is 12.6. The van der Waals surface area contributed by atoms with E-state index in [1.165, 1.54) is 25.2 Å². The van der Waals surface area contributed by atoms with Crippen molar-refractivity contribution in [2.24, 2.45) is 0 Å². The van der Waals surface area contributed by atoms with E-state index in [0.29, 0.717) is 0 Å². The standard InChI is InChI=1S/C10H12FNO3S/c1-12-10(13)6-7-16(14,15)9-5-3-2-4-8(9)11/h2-5H,6-7H2,1H3,(H,12,13). The van der Waals surface area contributed by atoms with Crippen LogP contribution in [-0.2, 0) is 14.6 Å². The molecule has 0 aromatic heterocycles. The normalized spacial score (nSPS) is 11.1. The first-order chi connectivity index (χ1) is 7.47. The van der Waals surface area contributed by atoms with Gasteiger partial charge in [-0.1, -0.05) is 12.1 Å². The van der Waals surface area contributed by atoms with Gasteiger partial charge < -0.3 is 5.32 Å². The fourth-order valence-electron chi connectivity index (χ4n) is 1.16. The molecular formula is C10H12FNO3S. The molecule has 0 spiro atoms. The molecule has 1 aromatic carbocycles. The number of sulfone groups is 1. The molecule has 0 bridgehead atoms. The van der Waals surface area contributed by atoms with Crippen molar-refractivity contribution < 1.29 is 17.6 Å². The van der Waals surface area contributed by atoms with Crippen LogP contribution in [0.1, 0.15) is 6.42 Å². The summed E-state index contributed by atoms with van der Waals surface area (Å²) in [5.41, 5.74) is 0. The number of carbonyl (C=O) groups is 1. The van der Waals surface area contributed by atoms with Crippen LogP contribution in [0.5, 0.6) is 0 Å². The minimum Gasteiger partial charge on any atom is -0.359 e. The average molecular weight is 245 g/mol. The zero-order valence-corrected chi connectivity index (χ0v) is 9.55.